The molecule has 2 aromatic rings. The first kappa shape index (κ1) is 21.0. The van der Waals surface area contributed by atoms with E-state index in [1.165, 1.54) is 6.08 Å². The third-order valence-corrected chi connectivity index (χ3v) is 4.76. The molecule has 8 heteroatoms. The molecule has 1 fully saturated rings. The van der Waals surface area contributed by atoms with Gasteiger partial charge in [-0.15, -0.1) is 0 Å². The fourth-order valence-corrected chi connectivity index (χ4v) is 3.12. The summed E-state index contributed by atoms with van der Waals surface area (Å²) in [6, 6.07) is 14.4. The number of carbonyl (C=O) groups excluding carboxylic acids is 2. The van der Waals surface area contributed by atoms with Crippen LogP contribution in [0.1, 0.15) is 15.9 Å². The van der Waals surface area contributed by atoms with Crippen molar-refractivity contribution in [3.63, 3.8) is 0 Å². The highest BCUT2D eigenvalue weighted by Gasteiger charge is 2.19. The Labute approximate surface area is 179 Å². The molecule has 2 N–H and O–H groups in total. The van der Waals surface area contributed by atoms with E-state index in [1.54, 1.807) is 29.2 Å². The number of morpholine rings is 1. The van der Waals surface area contributed by atoms with Crippen LogP contribution in [0.15, 0.2) is 54.6 Å². The number of nitrogens with zero attached hydrogens (tertiary/aromatic N) is 1. The molecule has 2 aromatic carbocycles. The number of thiocarbonyl (C=S) groups is 1. The largest absolute Gasteiger partial charge is 0.378 e. The molecule has 3 rings (SSSR count). The van der Waals surface area contributed by atoms with Crippen LogP contribution in [0, 0.1) is 0 Å². The SMILES string of the molecule is O=C(/C=C/c1ccccc1)NC(=S)Nc1cc(C(=O)N2CCOCC2)ccc1Cl. The van der Waals surface area contributed by atoms with Gasteiger partial charge >= 0.3 is 0 Å². The molecular weight excluding hydrogens is 410 g/mol. The van der Waals surface area contributed by atoms with Crippen molar-refractivity contribution in [3.05, 3.63) is 70.8 Å². The van der Waals surface area contributed by atoms with Crippen molar-refractivity contribution < 1.29 is 14.3 Å². The van der Waals surface area contributed by atoms with Crippen LogP contribution >= 0.6 is 23.8 Å². The van der Waals surface area contributed by atoms with Crippen molar-refractivity contribution in [3.8, 4) is 0 Å². The number of hydrogen-bond acceptors (Lipinski definition) is 4. The minimum absolute atomic E-state index is 0.0885. The third-order valence-electron chi connectivity index (χ3n) is 4.22. The predicted molar refractivity (Wildman–Crippen MR) is 118 cm³/mol. The van der Waals surface area contributed by atoms with Gasteiger partial charge in [0.15, 0.2) is 5.11 Å². The molecule has 0 radical (unpaired) electrons. The van der Waals surface area contributed by atoms with Crippen LogP contribution in [0.4, 0.5) is 5.69 Å². The summed E-state index contributed by atoms with van der Waals surface area (Å²) in [7, 11) is 0. The quantitative estimate of drug-likeness (QED) is 0.576. The average molecular weight is 430 g/mol. The molecule has 0 aliphatic carbocycles. The summed E-state index contributed by atoms with van der Waals surface area (Å²) < 4.78 is 5.28. The second-order valence-electron chi connectivity index (χ2n) is 6.29. The minimum Gasteiger partial charge on any atom is -0.378 e. The number of amides is 2. The van der Waals surface area contributed by atoms with Crippen LogP contribution in [0.5, 0.6) is 0 Å². The van der Waals surface area contributed by atoms with Gasteiger partial charge in [-0.05, 0) is 42.1 Å². The van der Waals surface area contributed by atoms with Gasteiger partial charge in [-0.2, -0.15) is 0 Å². The summed E-state index contributed by atoms with van der Waals surface area (Å²) in [5, 5.41) is 5.92. The van der Waals surface area contributed by atoms with Crippen LogP contribution in [0.3, 0.4) is 0 Å². The van der Waals surface area contributed by atoms with E-state index in [1.807, 2.05) is 30.3 Å². The van der Waals surface area contributed by atoms with Crippen LogP contribution in [-0.2, 0) is 9.53 Å². The van der Waals surface area contributed by atoms with Gasteiger partial charge in [0.05, 0.1) is 23.9 Å². The lowest BCUT2D eigenvalue weighted by Crippen LogP contribution is -2.40. The smallest absolute Gasteiger partial charge is 0.254 e. The molecule has 2 amide bonds. The van der Waals surface area contributed by atoms with Gasteiger partial charge in [-0.3, -0.25) is 14.9 Å². The highest BCUT2D eigenvalue weighted by Crippen LogP contribution is 2.24. The molecule has 1 heterocycles. The van der Waals surface area contributed by atoms with E-state index < -0.39 is 0 Å². The zero-order valence-corrected chi connectivity index (χ0v) is 17.1. The zero-order valence-electron chi connectivity index (χ0n) is 15.6. The molecule has 0 spiro atoms. The predicted octanol–water partition coefficient (Wildman–Crippen LogP) is 3.34. The van der Waals surface area contributed by atoms with Crippen LogP contribution < -0.4 is 10.6 Å². The van der Waals surface area contributed by atoms with Crippen molar-refractivity contribution >= 4 is 52.5 Å². The normalized spacial score (nSPS) is 13.9. The third kappa shape index (κ3) is 6.12. The van der Waals surface area contributed by atoms with Gasteiger partial charge in [0.2, 0.25) is 5.91 Å². The maximum Gasteiger partial charge on any atom is 0.254 e. The molecule has 29 heavy (non-hydrogen) atoms. The summed E-state index contributed by atoms with van der Waals surface area (Å²) in [4.78, 5) is 26.4. The summed E-state index contributed by atoms with van der Waals surface area (Å²) in [5.41, 5.74) is 1.83. The molecular formula is C21H20ClN3O3S. The molecule has 0 unspecified atom stereocenters. The molecule has 6 nitrogen and oxygen atoms in total. The van der Waals surface area contributed by atoms with Crippen molar-refractivity contribution in [2.45, 2.75) is 0 Å². The first-order chi connectivity index (χ1) is 14.0. The van der Waals surface area contributed by atoms with E-state index in [0.717, 1.165) is 5.56 Å². The highest BCUT2D eigenvalue weighted by atomic mass is 35.5. The molecule has 0 aromatic heterocycles. The van der Waals surface area contributed by atoms with Crippen molar-refractivity contribution in [2.75, 3.05) is 31.6 Å². The Kier molecular flexibility index (Phi) is 7.35. The van der Waals surface area contributed by atoms with Crippen molar-refractivity contribution in [1.82, 2.24) is 10.2 Å². The molecule has 0 atom stereocenters. The Morgan fingerprint density at radius 2 is 1.83 bits per heavy atom. The monoisotopic (exact) mass is 429 g/mol. The molecule has 0 bridgehead atoms. The van der Waals surface area contributed by atoms with Gasteiger partial charge in [0, 0.05) is 24.7 Å². The van der Waals surface area contributed by atoms with Gasteiger partial charge in [0.1, 0.15) is 0 Å². The highest BCUT2D eigenvalue weighted by molar-refractivity contribution is 7.80. The Balaban J connectivity index is 1.61. The van der Waals surface area contributed by atoms with E-state index in [-0.39, 0.29) is 16.9 Å². The second kappa shape index (κ2) is 10.2. The number of halogens is 1. The number of carbonyl (C=O) groups is 2. The molecule has 150 valence electrons. The summed E-state index contributed by atoms with van der Waals surface area (Å²) in [5.74, 6) is -0.475. The first-order valence-electron chi connectivity index (χ1n) is 9.04. The minimum atomic E-state index is -0.372. The molecule has 1 aliphatic rings. The molecule has 1 aliphatic heterocycles. The number of ether oxygens (including phenoxy) is 1. The van der Waals surface area contributed by atoms with E-state index in [9.17, 15) is 9.59 Å². The molecule has 1 saturated heterocycles. The number of benzene rings is 2. The Morgan fingerprint density at radius 1 is 1.10 bits per heavy atom. The fraction of sp³-hybridized carbons (Fsp3) is 0.190. The molecule has 0 saturated carbocycles. The van der Waals surface area contributed by atoms with Gasteiger partial charge in [-0.1, -0.05) is 41.9 Å². The number of anilines is 1. The lowest BCUT2D eigenvalue weighted by Gasteiger charge is -2.27. The van der Waals surface area contributed by atoms with Crippen LogP contribution in [0.25, 0.3) is 6.08 Å². The Bertz CT molecular complexity index is 928. The van der Waals surface area contributed by atoms with Gasteiger partial charge in [0.25, 0.3) is 5.91 Å². The fourth-order valence-electron chi connectivity index (χ4n) is 2.75. The van der Waals surface area contributed by atoms with Gasteiger partial charge in [-0.25, -0.2) is 0 Å². The van der Waals surface area contributed by atoms with E-state index in [0.29, 0.717) is 42.6 Å². The second-order valence-corrected chi connectivity index (χ2v) is 7.10. The Hall–Kier alpha value is -2.74. The lowest BCUT2D eigenvalue weighted by atomic mass is 10.1. The van der Waals surface area contributed by atoms with Crippen molar-refractivity contribution in [1.29, 1.82) is 0 Å². The zero-order chi connectivity index (χ0) is 20.6. The summed E-state index contributed by atoms with van der Waals surface area (Å²) >= 11 is 11.4. The van der Waals surface area contributed by atoms with Crippen molar-refractivity contribution in [2.24, 2.45) is 0 Å². The topological polar surface area (TPSA) is 70.7 Å². The number of rotatable bonds is 4. The van der Waals surface area contributed by atoms with Gasteiger partial charge < -0.3 is 15.0 Å². The van der Waals surface area contributed by atoms with E-state index in [2.05, 4.69) is 10.6 Å². The van der Waals surface area contributed by atoms with Crippen LogP contribution in [-0.4, -0.2) is 48.1 Å². The lowest BCUT2D eigenvalue weighted by molar-refractivity contribution is -0.115. The summed E-state index contributed by atoms with van der Waals surface area (Å²) in [6.07, 6.45) is 3.08. The number of nitrogens with one attached hydrogen (secondary N) is 2. The van der Waals surface area contributed by atoms with Crippen LogP contribution in [0.2, 0.25) is 5.02 Å². The maximum absolute atomic E-state index is 12.6. The summed E-state index contributed by atoms with van der Waals surface area (Å²) in [6.45, 7) is 2.15. The maximum atomic E-state index is 12.6. The average Bonchev–Trinajstić information content (AvgIpc) is 2.74. The van der Waals surface area contributed by atoms with E-state index >= 15 is 0 Å². The Morgan fingerprint density at radius 3 is 2.55 bits per heavy atom. The standard InChI is InChI=1S/C21H20ClN3O3S/c22-17-8-7-16(20(27)25-10-12-28-13-11-25)14-18(17)23-21(29)24-19(26)9-6-15-4-2-1-3-5-15/h1-9,14H,10-13H2,(H2,23,24,26,29)/b9-6+. The van der Waals surface area contributed by atoms with E-state index in [4.69, 9.17) is 28.6 Å². The number of hydrogen-bond donors (Lipinski definition) is 2. The first-order valence-corrected chi connectivity index (χ1v) is 9.83.